The molecule has 0 radical (unpaired) electrons. The maximum Gasteiger partial charge on any atom is 0.244 e. The first-order chi connectivity index (χ1) is 13.3. The minimum absolute atomic E-state index is 0.0348. The van der Waals surface area contributed by atoms with Crippen LogP contribution in [-0.2, 0) is 19.6 Å². The highest BCUT2D eigenvalue weighted by Crippen LogP contribution is 2.30. The summed E-state index contributed by atoms with van der Waals surface area (Å²) in [5.41, 5.74) is -0.373. The number of benzene rings is 1. The molecule has 0 unspecified atom stereocenters. The van der Waals surface area contributed by atoms with Gasteiger partial charge in [-0.15, -0.1) is 0 Å². The smallest absolute Gasteiger partial charge is 0.244 e. The third-order valence-corrected chi connectivity index (χ3v) is 7.20. The van der Waals surface area contributed by atoms with Gasteiger partial charge in [-0.05, 0) is 51.8 Å². The molecule has 1 aliphatic heterocycles. The molecule has 2 amide bonds. The molecule has 1 aliphatic rings. The molecule has 0 atom stereocenters. The lowest BCUT2D eigenvalue weighted by molar-refractivity contribution is -0.139. The van der Waals surface area contributed by atoms with Crippen LogP contribution in [0.2, 0.25) is 10.0 Å². The van der Waals surface area contributed by atoms with Crippen LogP contribution in [0.3, 0.4) is 0 Å². The molecule has 0 aliphatic carbocycles. The normalized spacial score (nSPS) is 16.5. The second kappa shape index (κ2) is 9.20. The third kappa shape index (κ3) is 6.31. The minimum atomic E-state index is -3.80. The highest BCUT2D eigenvalue weighted by molar-refractivity contribution is 7.89. The van der Waals surface area contributed by atoms with Gasteiger partial charge in [0.2, 0.25) is 21.8 Å². The lowest BCUT2D eigenvalue weighted by Gasteiger charge is -2.32. The molecule has 162 valence electrons. The summed E-state index contributed by atoms with van der Waals surface area (Å²) in [6.45, 7) is 5.97. The summed E-state index contributed by atoms with van der Waals surface area (Å²) < 4.78 is 27.1. The molecule has 1 saturated heterocycles. The van der Waals surface area contributed by atoms with Gasteiger partial charge in [0.15, 0.2) is 0 Å². The molecule has 1 aromatic rings. The predicted molar refractivity (Wildman–Crippen MR) is 113 cm³/mol. The molecule has 1 heterocycles. The number of carbonyl (C=O) groups excluding carboxylic acids is 2. The van der Waals surface area contributed by atoms with Crippen LogP contribution in [0.5, 0.6) is 0 Å². The lowest BCUT2D eigenvalue weighted by atomic mass is 9.96. The van der Waals surface area contributed by atoms with Gasteiger partial charge in [-0.25, -0.2) is 8.42 Å². The van der Waals surface area contributed by atoms with Crippen molar-refractivity contribution < 1.29 is 18.0 Å². The summed E-state index contributed by atoms with van der Waals surface area (Å²) in [6.07, 6.45) is 0.753. The summed E-state index contributed by atoms with van der Waals surface area (Å²) >= 11 is 12.0. The number of nitrogens with one attached hydrogen (secondary N) is 1. The van der Waals surface area contributed by atoms with Crippen LogP contribution in [0.15, 0.2) is 23.1 Å². The van der Waals surface area contributed by atoms with E-state index in [9.17, 15) is 18.0 Å². The van der Waals surface area contributed by atoms with E-state index in [1.807, 2.05) is 20.8 Å². The first-order valence-electron chi connectivity index (χ1n) is 9.32. The van der Waals surface area contributed by atoms with Crippen molar-refractivity contribution in [1.29, 1.82) is 0 Å². The Morgan fingerprint density at radius 2 is 1.79 bits per heavy atom. The molecular formula is C19H27Cl2N3O4S. The first kappa shape index (κ1) is 23.9. The number of piperidine rings is 1. The number of amides is 2. The van der Waals surface area contributed by atoms with Gasteiger partial charge in [0.05, 0.1) is 11.6 Å². The Morgan fingerprint density at radius 3 is 2.34 bits per heavy atom. The van der Waals surface area contributed by atoms with Gasteiger partial charge >= 0.3 is 0 Å². The van der Waals surface area contributed by atoms with Crippen LogP contribution in [0.1, 0.15) is 33.6 Å². The monoisotopic (exact) mass is 463 g/mol. The van der Waals surface area contributed by atoms with E-state index in [2.05, 4.69) is 5.32 Å². The summed E-state index contributed by atoms with van der Waals surface area (Å²) in [4.78, 5) is 26.1. The summed E-state index contributed by atoms with van der Waals surface area (Å²) in [6, 6.07) is 4.31. The maximum atomic E-state index is 12.9. The molecule has 2 rings (SSSR count). The standard InChI is InChI=1S/C19H27Cl2N3O4S/c1-19(2,3)22-17(25)12-23(4)18(26)13-7-9-24(10-8-13)29(27,28)16-11-14(20)5-6-15(16)21/h5-6,11,13H,7-10,12H2,1-4H3,(H,22,25). The van der Waals surface area contributed by atoms with E-state index in [-0.39, 0.29) is 57.8 Å². The van der Waals surface area contributed by atoms with E-state index < -0.39 is 10.0 Å². The third-order valence-electron chi connectivity index (χ3n) is 4.59. The number of nitrogens with zero attached hydrogens (tertiary/aromatic N) is 2. The Labute approximate surface area is 182 Å². The van der Waals surface area contributed by atoms with E-state index in [0.717, 1.165) is 0 Å². The predicted octanol–water partition coefficient (Wildman–Crippen LogP) is 2.77. The number of hydrogen-bond acceptors (Lipinski definition) is 4. The van der Waals surface area contributed by atoms with Gasteiger partial charge in [0.25, 0.3) is 0 Å². The zero-order valence-corrected chi connectivity index (χ0v) is 19.4. The van der Waals surface area contributed by atoms with Crippen molar-refractivity contribution in [1.82, 2.24) is 14.5 Å². The molecule has 1 fully saturated rings. The van der Waals surface area contributed by atoms with Crippen LogP contribution >= 0.6 is 23.2 Å². The molecule has 0 spiro atoms. The van der Waals surface area contributed by atoms with Crippen LogP contribution in [0.4, 0.5) is 0 Å². The Balaban J connectivity index is 1.98. The van der Waals surface area contributed by atoms with E-state index in [0.29, 0.717) is 12.8 Å². The Bertz CT molecular complexity index is 876. The highest BCUT2D eigenvalue weighted by atomic mass is 35.5. The summed E-state index contributed by atoms with van der Waals surface area (Å²) in [5.74, 6) is -0.723. The summed E-state index contributed by atoms with van der Waals surface area (Å²) in [7, 11) is -2.21. The second-order valence-corrected chi connectivity index (χ2v) is 11.0. The largest absolute Gasteiger partial charge is 0.350 e. The van der Waals surface area contributed by atoms with E-state index in [1.54, 1.807) is 7.05 Å². The molecule has 1 aromatic carbocycles. The average molecular weight is 464 g/mol. The van der Waals surface area contributed by atoms with Crippen molar-refractivity contribution in [3.8, 4) is 0 Å². The Hall–Kier alpha value is -1.35. The quantitative estimate of drug-likeness (QED) is 0.726. The molecule has 0 saturated carbocycles. The van der Waals surface area contributed by atoms with Gasteiger partial charge in [-0.2, -0.15) is 4.31 Å². The van der Waals surface area contributed by atoms with E-state index >= 15 is 0 Å². The van der Waals surface area contributed by atoms with Gasteiger partial charge in [0.1, 0.15) is 4.90 Å². The SMILES string of the molecule is CN(CC(=O)NC(C)(C)C)C(=O)C1CCN(S(=O)(=O)c2cc(Cl)ccc2Cl)CC1. The zero-order chi connectivity index (χ0) is 22.0. The van der Waals surface area contributed by atoms with Crippen LogP contribution in [0, 0.1) is 5.92 Å². The van der Waals surface area contributed by atoms with Crippen molar-refractivity contribution in [2.45, 2.75) is 44.0 Å². The maximum absolute atomic E-state index is 12.9. The zero-order valence-electron chi connectivity index (χ0n) is 17.0. The number of sulfonamides is 1. The first-order valence-corrected chi connectivity index (χ1v) is 11.5. The summed E-state index contributed by atoms with van der Waals surface area (Å²) in [5, 5.41) is 3.21. The fourth-order valence-electron chi connectivity index (χ4n) is 3.22. The number of hydrogen-bond donors (Lipinski definition) is 1. The van der Waals surface area contributed by atoms with Crippen molar-refractivity contribution in [2.75, 3.05) is 26.7 Å². The van der Waals surface area contributed by atoms with Gasteiger partial charge in [-0.1, -0.05) is 23.2 Å². The average Bonchev–Trinajstić information content (AvgIpc) is 2.61. The molecule has 0 aromatic heterocycles. The van der Waals surface area contributed by atoms with Crippen LogP contribution < -0.4 is 5.32 Å². The van der Waals surface area contributed by atoms with Crippen LogP contribution in [-0.4, -0.2) is 61.7 Å². The Morgan fingerprint density at radius 1 is 1.21 bits per heavy atom. The van der Waals surface area contributed by atoms with Crippen LogP contribution in [0.25, 0.3) is 0 Å². The van der Waals surface area contributed by atoms with Crippen molar-refractivity contribution in [3.63, 3.8) is 0 Å². The fourth-order valence-corrected chi connectivity index (χ4v) is 5.43. The van der Waals surface area contributed by atoms with Crippen molar-refractivity contribution in [3.05, 3.63) is 28.2 Å². The van der Waals surface area contributed by atoms with Gasteiger partial charge in [0, 0.05) is 36.6 Å². The molecule has 29 heavy (non-hydrogen) atoms. The molecule has 1 N–H and O–H groups in total. The number of carbonyl (C=O) groups is 2. The van der Waals surface area contributed by atoms with E-state index in [1.165, 1.54) is 27.4 Å². The van der Waals surface area contributed by atoms with Gasteiger partial charge in [-0.3, -0.25) is 9.59 Å². The number of rotatable bonds is 5. The number of halogens is 2. The molecule has 7 nitrogen and oxygen atoms in total. The minimum Gasteiger partial charge on any atom is -0.350 e. The molecule has 10 heteroatoms. The molecule has 0 bridgehead atoms. The topological polar surface area (TPSA) is 86.8 Å². The van der Waals surface area contributed by atoms with E-state index in [4.69, 9.17) is 23.2 Å². The number of likely N-dealkylation sites (N-methyl/N-ethyl adjacent to an activating group) is 1. The lowest BCUT2D eigenvalue weighted by Crippen LogP contribution is -2.48. The second-order valence-electron chi connectivity index (χ2n) is 8.25. The fraction of sp³-hybridized carbons (Fsp3) is 0.579. The Kier molecular flexibility index (Phi) is 7.59. The molecular weight excluding hydrogens is 437 g/mol. The van der Waals surface area contributed by atoms with Gasteiger partial charge < -0.3 is 10.2 Å². The highest BCUT2D eigenvalue weighted by Gasteiger charge is 2.34. The van der Waals surface area contributed by atoms with Crippen molar-refractivity contribution in [2.24, 2.45) is 5.92 Å². The van der Waals surface area contributed by atoms with Crippen molar-refractivity contribution >= 4 is 45.0 Å².